The Morgan fingerprint density at radius 3 is 2.73 bits per heavy atom. The fraction of sp³-hybridized carbons (Fsp3) is 0.417. The third-order valence-corrected chi connectivity index (χ3v) is 2.66. The highest BCUT2D eigenvalue weighted by Gasteiger charge is 2.19. The number of hydrogen-bond acceptors (Lipinski definition) is 2. The molecule has 0 radical (unpaired) electrons. The first-order valence-electron chi connectivity index (χ1n) is 5.12. The van der Waals surface area contributed by atoms with Crippen LogP contribution in [0, 0.1) is 11.7 Å². The molecule has 0 bridgehead atoms. The zero-order valence-corrected chi connectivity index (χ0v) is 8.41. The van der Waals surface area contributed by atoms with E-state index in [1.807, 2.05) is 0 Å². The molecule has 3 heteroatoms. The molecule has 1 heterocycles. The van der Waals surface area contributed by atoms with Crippen LogP contribution in [0.15, 0.2) is 24.3 Å². The van der Waals surface area contributed by atoms with Crippen LogP contribution in [-0.2, 0) is 4.74 Å². The van der Waals surface area contributed by atoms with Crippen molar-refractivity contribution in [3.63, 3.8) is 0 Å². The lowest BCUT2D eigenvalue weighted by Crippen LogP contribution is -2.08. The van der Waals surface area contributed by atoms with E-state index in [1.165, 1.54) is 24.3 Å². The van der Waals surface area contributed by atoms with Gasteiger partial charge in [0.2, 0.25) is 0 Å². The third-order valence-electron chi connectivity index (χ3n) is 2.66. The lowest BCUT2D eigenvalue weighted by molar-refractivity contribution is 0.0952. The molecule has 1 saturated heterocycles. The fourth-order valence-corrected chi connectivity index (χ4v) is 1.76. The largest absolute Gasteiger partial charge is 0.381 e. The molecule has 1 aliphatic heterocycles. The van der Waals surface area contributed by atoms with E-state index in [2.05, 4.69) is 0 Å². The Morgan fingerprint density at radius 2 is 2.13 bits per heavy atom. The van der Waals surface area contributed by atoms with E-state index in [1.54, 1.807) is 0 Å². The minimum Gasteiger partial charge on any atom is -0.381 e. The van der Waals surface area contributed by atoms with Crippen LogP contribution in [0.3, 0.4) is 0 Å². The van der Waals surface area contributed by atoms with Crippen LogP contribution in [0.4, 0.5) is 4.39 Å². The van der Waals surface area contributed by atoms with E-state index in [4.69, 9.17) is 4.74 Å². The molecule has 1 aliphatic rings. The summed E-state index contributed by atoms with van der Waals surface area (Å²) in [7, 11) is 0. The van der Waals surface area contributed by atoms with Crippen LogP contribution in [0.1, 0.15) is 23.2 Å². The van der Waals surface area contributed by atoms with Crippen molar-refractivity contribution in [2.45, 2.75) is 12.8 Å². The monoisotopic (exact) mass is 208 g/mol. The number of halogens is 1. The van der Waals surface area contributed by atoms with Crippen LogP contribution in [0.5, 0.6) is 0 Å². The first kappa shape index (κ1) is 10.3. The van der Waals surface area contributed by atoms with Gasteiger partial charge in [-0.3, -0.25) is 4.79 Å². The Balaban J connectivity index is 1.98. The summed E-state index contributed by atoms with van der Waals surface area (Å²) in [6.45, 7) is 1.42. The highest BCUT2D eigenvalue weighted by molar-refractivity contribution is 5.96. The highest BCUT2D eigenvalue weighted by atomic mass is 19.1. The highest BCUT2D eigenvalue weighted by Crippen LogP contribution is 2.19. The van der Waals surface area contributed by atoms with Gasteiger partial charge in [0.25, 0.3) is 0 Å². The number of ketones is 1. The number of hydrogen-bond donors (Lipinski definition) is 0. The second-order valence-corrected chi connectivity index (χ2v) is 3.86. The molecule has 2 nitrogen and oxygen atoms in total. The molecule has 0 aliphatic carbocycles. The Bertz CT molecular complexity index is 339. The molecule has 2 rings (SSSR count). The summed E-state index contributed by atoms with van der Waals surface area (Å²) in [6.07, 6.45) is 1.46. The first-order chi connectivity index (χ1) is 7.25. The van der Waals surface area contributed by atoms with Gasteiger partial charge in [-0.05, 0) is 36.6 Å². The van der Waals surface area contributed by atoms with E-state index >= 15 is 0 Å². The molecular formula is C12H13FO2. The molecule has 1 aromatic carbocycles. The second-order valence-electron chi connectivity index (χ2n) is 3.86. The normalized spacial score (nSPS) is 20.5. The predicted molar refractivity (Wildman–Crippen MR) is 54.3 cm³/mol. The van der Waals surface area contributed by atoms with Crippen molar-refractivity contribution in [2.24, 2.45) is 5.92 Å². The fourth-order valence-electron chi connectivity index (χ4n) is 1.76. The Labute approximate surface area is 88.1 Å². The van der Waals surface area contributed by atoms with Crippen molar-refractivity contribution in [3.8, 4) is 0 Å². The summed E-state index contributed by atoms with van der Waals surface area (Å²) in [6, 6.07) is 5.71. The van der Waals surface area contributed by atoms with Crippen LogP contribution in [-0.4, -0.2) is 19.0 Å². The van der Waals surface area contributed by atoms with Gasteiger partial charge in [0.15, 0.2) is 5.78 Å². The average Bonchev–Trinajstić information content (AvgIpc) is 2.71. The quantitative estimate of drug-likeness (QED) is 0.713. The number of rotatable bonds is 3. The van der Waals surface area contributed by atoms with Crippen LogP contribution in [0.2, 0.25) is 0 Å². The Hall–Kier alpha value is -1.22. The van der Waals surface area contributed by atoms with Gasteiger partial charge < -0.3 is 4.74 Å². The van der Waals surface area contributed by atoms with Gasteiger partial charge >= 0.3 is 0 Å². The summed E-state index contributed by atoms with van der Waals surface area (Å²) in [5.74, 6) is 0.101. The van der Waals surface area contributed by atoms with Crippen molar-refractivity contribution in [2.75, 3.05) is 13.2 Å². The second kappa shape index (κ2) is 4.53. The van der Waals surface area contributed by atoms with Crippen molar-refractivity contribution in [1.82, 2.24) is 0 Å². The van der Waals surface area contributed by atoms with Gasteiger partial charge in [-0.25, -0.2) is 4.39 Å². The van der Waals surface area contributed by atoms with E-state index in [0.717, 1.165) is 13.0 Å². The van der Waals surface area contributed by atoms with Crippen molar-refractivity contribution >= 4 is 5.78 Å². The first-order valence-corrected chi connectivity index (χ1v) is 5.12. The number of ether oxygens (including phenoxy) is 1. The number of benzene rings is 1. The lowest BCUT2D eigenvalue weighted by Gasteiger charge is -2.05. The summed E-state index contributed by atoms with van der Waals surface area (Å²) >= 11 is 0. The van der Waals surface area contributed by atoms with E-state index in [0.29, 0.717) is 24.5 Å². The molecule has 0 N–H and O–H groups in total. The molecule has 1 unspecified atom stereocenters. The SMILES string of the molecule is O=C(CC1CCOC1)c1ccc(F)cc1. The molecule has 1 aromatic rings. The standard InChI is InChI=1S/C12H13FO2/c13-11-3-1-10(2-4-11)12(14)7-9-5-6-15-8-9/h1-4,9H,5-8H2. The maximum absolute atomic E-state index is 12.6. The van der Waals surface area contributed by atoms with E-state index < -0.39 is 0 Å². The topological polar surface area (TPSA) is 26.3 Å². The predicted octanol–water partition coefficient (Wildman–Crippen LogP) is 2.44. The maximum atomic E-state index is 12.6. The van der Waals surface area contributed by atoms with Crippen LogP contribution >= 0.6 is 0 Å². The molecule has 0 saturated carbocycles. The number of Topliss-reactive ketones (excluding diaryl/α,β-unsaturated/α-hetero) is 1. The molecule has 0 spiro atoms. The molecular weight excluding hydrogens is 195 g/mol. The molecule has 1 atom stereocenters. The Morgan fingerprint density at radius 1 is 1.40 bits per heavy atom. The Kier molecular flexibility index (Phi) is 3.11. The lowest BCUT2D eigenvalue weighted by atomic mass is 9.98. The van der Waals surface area contributed by atoms with Crippen molar-refractivity contribution in [3.05, 3.63) is 35.6 Å². The van der Waals surface area contributed by atoms with Crippen LogP contribution in [0.25, 0.3) is 0 Å². The minimum absolute atomic E-state index is 0.0745. The zero-order valence-electron chi connectivity index (χ0n) is 8.41. The molecule has 0 amide bonds. The van der Waals surface area contributed by atoms with Crippen molar-refractivity contribution in [1.29, 1.82) is 0 Å². The van der Waals surface area contributed by atoms with E-state index in [9.17, 15) is 9.18 Å². The smallest absolute Gasteiger partial charge is 0.163 e. The van der Waals surface area contributed by atoms with Gasteiger partial charge in [0, 0.05) is 25.2 Å². The van der Waals surface area contributed by atoms with Gasteiger partial charge in [-0.15, -0.1) is 0 Å². The molecule has 15 heavy (non-hydrogen) atoms. The average molecular weight is 208 g/mol. The third kappa shape index (κ3) is 2.63. The number of carbonyl (C=O) groups is 1. The summed E-state index contributed by atoms with van der Waals surface area (Å²) in [5, 5.41) is 0. The summed E-state index contributed by atoms with van der Waals surface area (Å²) < 4.78 is 17.8. The van der Waals surface area contributed by atoms with Gasteiger partial charge in [0.05, 0.1) is 0 Å². The molecule has 0 aromatic heterocycles. The molecule has 1 fully saturated rings. The van der Waals surface area contributed by atoms with Crippen LogP contribution < -0.4 is 0 Å². The van der Waals surface area contributed by atoms with E-state index in [-0.39, 0.29) is 11.6 Å². The number of carbonyl (C=O) groups excluding carboxylic acids is 1. The minimum atomic E-state index is -0.309. The maximum Gasteiger partial charge on any atom is 0.163 e. The molecule has 80 valence electrons. The van der Waals surface area contributed by atoms with Gasteiger partial charge in [0.1, 0.15) is 5.82 Å². The van der Waals surface area contributed by atoms with Gasteiger partial charge in [-0.1, -0.05) is 0 Å². The zero-order chi connectivity index (χ0) is 10.7. The van der Waals surface area contributed by atoms with Gasteiger partial charge in [-0.2, -0.15) is 0 Å². The summed E-state index contributed by atoms with van der Waals surface area (Å²) in [4.78, 5) is 11.7. The van der Waals surface area contributed by atoms with Crippen molar-refractivity contribution < 1.29 is 13.9 Å². The summed E-state index contributed by atoms with van der Waals surface area (Å²) in [5.41, 5.74) is 0.586.